The number of aromatic nitrogens is 1. The third-order valence-corrected chi connectivity index (χ3v) is 4.18. The van der Waals surface area contributed by atoms with Crippen molar-refractivity contribution in [2.45, 2.75) is 0 Å². The van der Waals surface area contributed by atoms with Crippen LogP contribution in [-0.4, -0.2) is 10.9 Å². The van der Waals surface area contributed by atoms with E-state index in [4.69, 9.17) is 4.42 Å². The van der Waals surface area contributed by atoms with Crippen LogP contribution in [0.1, 0.15) is 10.6 Å². The maximum Gasteiger partial charge on any atom is 0.305 e. The molecule has 0 bridgehead atoms. The Morgan fingerprint density at radius 2 is 1.91 bits per heavy atom. The molecule has 0 aliphatic carbocycles. The summed E-state index contributed by atoms with van der Waals surface area (Å²) < 4.78 is 6.57. The van der Waals surface area contributed by atoms with E-state index < -0.39 is 0 Å². The third kappa shape index (κ3) is 2.29. The van der Waals surface area contributed by atoms with Crippen LogP contribution >= 0.6 is 11.3 Å². The van der Waals surface area contributed by atoms with Crippen LogP contribution in [0, 0.1) is 0 Å². The summed E-state index contributed by atoms with van der Waals surface area (Å²) in [5.41, 5.74) is 7.01. The summed E-state index contributed by atoms with van der Waals surface area (Å²) >= 11 is 1.47. The minimum absolute atomic E-state index is 0.259. The maximum atomic E-state index is 12.1. The van der Waals surface area contributed by atoms with Gasteiger partial charge in [0.2, 0.25) is 5.13 Å². The molecule has 0 unspecified atom stereocenters. The van der Waals surface area contributed by atoms with E-state index in [0.29, 0.717) is 10.7 Å². The van der Waals surface area contributed by atoms with Crippen LogP contribution < -0.4 is 10.9 Å². The highest BCUT2D eigenvalue weighted by Gasteiger charge is 2.12. The van der Waals surface area contributed by atoms with Crippen LogP contribution in [0.5, 0.6) is 0 Å². The smallest absolute Gasteiger partial charge is 0.305 e. The first-order valence-corrected chi connectivity index (χ1v) is 7.52. The Balaban J connectivity index is 1.51. The van der Waals surface area contributed by atoms with Crippen molar-refractivity contribution in [3.05, 3.63) is 60.4 Å². The quantitative estimate of drug-likeness (QED) is 0.565. The minimum Gasteiger partial charge on any atom is -0.451 e. The van der Waals surface area contributed by atoms with Crippen molar-refractivity contribution in [2.75, 3.05) is 5.43 Å². The van der Waals surface area contributed by atoms with Crippen LogP contribution in [0.25, 0.3) is 21.2 Å². The van der Waals surface area contributed by atoms with Gasteiger partial charge in [0.15, 0.2) is 5.76 Å². The fourth-order valence-corrected chi connectivity index (χ4v) is 3.01. The van der Waals surface area contributed by atoms with E-state index in [2.05, 4.69) is 15.8 Å². The van der Waals surface area contributed by atoms with Crippen molar-refractivity contribution >= 4 is 43.6 Å². The first-order chi connectivity index (χ1) is 10.8. The van der Waals surface area contributed by atoms with Crippen molar-refractivity contribution in [1.82, 2.24) is 10.4 Å². The highest BCUT2D eigenvalue weighted by molar-refractivity contribution is 7.22. The van der Waals surface area contributed by atoms with Gasteiger partial charge in [-0.15, -0.1) is 0 Å². The zero-order chi connectivity index (χ0) is 14.9. The number of para-hydroxylation sites is 2. The van der Waals surface area contributed by atoms with Gasteiger partial charge < -0.3 is 4.42 Å². The normalized spacial score (nSPS) is 10.9. The molecule has 2 N–H and O–H groups in total. The third-order valence-electron chi connectivity index (χ3n) is 3.23. The Labute approximate surface area is 129 Å². The molecule has 108 valence electrons. The summed E-state index contributed by atoms with van der Waals surface area (Å²) in [6.07, 6.45) is 0. The fraction of sp³-hybridized carbons (Fsp3) is 0. The average molecular weight is 309 g/mol. The Bertz CT molecular complexity index is 908. The summed E-state index contributed by atoms with van der Waals surface area (Å²) in [5, 5.41) is 1.53. The number of fused-ring (bicyclic) bond motifs is 2. The Morgan fingerprint density at radius 3 is 2.77 bits per heavy atom. The summed E-state index contributed by atoms with van der Waals surface area (Å²) in [5.74, 6) is -0.0785. The molecule has 0 aliphatic heterocycles. The zero-order valence-corrected chi connectivity index (χ0v) is 12.2. The number of nitrogens with zero attached hydrogens (tertiary/aromatic N) is 1. The molecule has 4 rings (SSSR count). The van der Waals surface area contributed by atoms with E-state index >= 15 is 0 Å². The van der Waals surface area contributed by atoms with Crippen molar-refractivity contribution in [3.8, 4) is 0 Å². The SMILES string of the molecule is O=C(NNc1nc2ccccc2s1)c1cc2ccccc2o1. The molecule has 0 spiro atoms. The Kier molecular flexibility index (Phi) is 3.01. The van der Waals surface area contributed by atoms with Gasteiger partial charge in [-0.1, -0.05) is 41.7 Å². The number of carbonyl (C=O) groups excluding carboxylic acids is 1. The van der Waals surface area contributed by atoms with Gasteiger partial charge in [-0.2, -0.15) is 0 Å². The van der Waals surface area contributed by atoms with Gasteiger partial charge in [-0.25, -0.2) is 4.98 Å². The highest BCUT2D eigenvalue weighted by atomic mass is 32.1. The van der Waals surface area contributed by atoms with Gasteiger partial charge in [-0.3, -0.25) is 15.6 Å². The van der Waals surface area contributed by atoms with Crippen LogP contribution in [-0.2, 0) is 0 Å². The molecule has 0 fully saturated rings. The molecule has 0 aliphatic rings. The van der Waals surface area contributed by atoms with E-state index in [1.165, 1.54) is 11.3 Å². The van der Waals surface area contributed by atoms with Crippen LogP contribution in [0.3, 0.4) is 0 Å². The molecule has 1 amide bonds. The molecule has 0 radical (unpaired) electrons. The molecule has 2 aromatic carbocycles. The summed E-state index contributed by atoms with van der Waals surface area (Å²) in [6.45, 7) is 0. The first kappa shape index (κ1) is 12.8. The topological polar surface area (TPSA) is 67.2 Å². The predicted molar refractivity (Wildman–Crippen MR) is 86.9 cm³/mol. The fourth-order valence-electron chi connectivity index (χ4n) is 2.19. The molecule has 4 aromatic rings. The second kappa shape index (κ2) is 5.16. The summed E-state index contributed by atoms with van der Waals surface area (Å²) in [7, 11) is 0. The zero-order valence-electron chi connectivity index (χ0n) is 11.4. The van der Waals surface area contributed by atoms with E-state index in [9.17, 15) is 4.79 Å². The number of amides is 1. The monoisotopic (exact) mass is 309 g/mol. The Hall–Kier alpha value is -2.86. The van der Waals surface area contributed by atoms with Gasteiger partial charge in [0.05, 0.1) is 10.2 Å². The Morgan fingerprint density at radius 1 is 1.09 bits per heavy atom. The van der Waals surface area contributed by atoms with Gasteiger partial charge in [0.25, 0.3) is 0 Å². The lowest BCUT2D eigenvalue weighted by atomic mass is 10.2. The van der Waals surface area contributed by atoms with Gasteiger partial charge >= 0.3 is 5.91 Å². The lowest BCUT2D eigenvalue weighted by Gasteiger charge is -2.02. The number of thiazole rings is 1. The molecule has 6 heteroatoms. The lowest BCUT2D eigenvalue weighted by molar-refractivity contribution is 0.0937. The standard InChI is InChI=1S/C16H11N3O2S/c20-15(13-9-10-5-1-3-7-12(10)21-13)18-19-16-17-11-6-2-4-8-14(11)22-16/h1-9H,(H,17,19)(H,18,20). The molecule has 22 heavy (non-hydrogen) atoms. The average Bonchev–Trinajstić information content (AvgIpc) is 3.15. The number of hydrogen-bond acceptors (Lipinski definition) is 5. The van der Waals surface area contributed by atoms with Crippen LogP contribution in [0.2, 0.25) is 0 Å². The highest BCUT2D eigenvalue weighted by Crippen LogP contribution is 2.25. The molecule has 2 heterocycles. The van der Waals surface area contributed by atoms with Crippen molar-refractivity contribution in [3.63, 3.8) is 0 Å². The van der Waals surface area contributed by atoms with Gasteiger partial charge in [0.1, 0.15) is 5.58 Å². The largest absolute Gasteiger partial charge is 0.451 e. The lowest BCUT2D eigenvalue weighted by Crippen LogP contribution is -2.28. The van der Waals surface area contributed by atoms with Crippen molar-refractivity contribution < 1.29 is 9.21 Å². The molecule has 0 saturated carbocycles. The number of hydrogen-bond donors (Lipinski definition) is 2. The maximum absolute atomic E-state index is 12.1. The second-order valence-electron chi connectivity index (χ2n) is 4.71. The molecule has 2 aromatic heterocycles. The molecular formula is C16H11N3O2S. The number of furan rings is 1. The van der Waals surface area contributed by atoms with Crippen LogP contribution in [0.15, 0.2) is 59.0 Å². The molecule has 5 nitrogen and oxygen atoms in total. The van der Waals surface area contributed by atoms with Gasteiger partial charge in [0, 0.05) is 5.39 Å². The van der Waals surface area contributed by atoms with Crippen molar-refractivity contribution in [1.29, 1.82) is 0 Å². The van der Waals surface area contributed by atoms with E-state index in [-0.39, 0.29) is 11.7 Å². The first-order valence-electron chi connectivity index (χ1n) is 6.70. The van der Waals surface area contributed by atoms with E-state index in [1.807, 2.05) is 48.5 Å². The van der Waals surface area contributed by atoms with Gasteiger partial charge in [-0.05, 0) is 24.3 Å². The number of carbonyl (C=O) groups is 1. The number of rotatable bonds is 3. The van der Waals surface area contributed by atoms with Crippen molar-refractivity contribution in [2.24, 2.45) is 0 Å². The molecular weight excluding hydrogens is 298 g/mol. The minimum atomic E-state index is -0.338. The molecule has 0 saturated heterocycles. The number of benzene rings is 2. The van der Waals surface area contributed by atoms with Crippen LogP contribution in [0.4, 0.5) is 5.13 Å². The van der Waals surface area contributed by atoms with E-state index in [1.54, 1.807) is 6.07 Å². The second-order valence-corrected chi connectivity index (χ2v) is 5.74. The summed E-state index contributed by atoms with van der Waals surface area (Å²) in [6, 6.07) is 17.0. The number of hydrazine groups is 1. The number of nitrogens with one attached hydrogen (secondary N) is 2. The van der Waals surface area contributed by atoms with E-state index in [0.717, 1.165) is 15.6 Å². The summed E-state index contributed by atoms with van der Waals surface area (Å²) in [4.78, 5) is 16.5. The molecule has 0 atom stereocenters. The number of anilines is 1. The predicted octanol–water partition coefficient (Wildman–Crippen LogP) is 3.80.